The van der Waals surface area contributed by atoms with Crippen molar-refractivity contribution in [3.63, 3.8) is 0 Å². The highest BCUT2D eigenvalue weighted by Crippen LogP contribution is 2.38. The maximum Gasteiger partial charge on any atom is 0.329 e. The molecule has 39 heavy (non-hydrogen) atoms. The number of nitrogens with zero attached hydrogens (tertiary/aromatic N) is 3. The maximum atomic E-state index is 13.7. The predicted molar refractivity (Wildman–Crippen MR) is 153 cm³/mol. The Balaban J connectivity index is 1.45. The number of aromatic amines is 1. The van der Waals surface area contributed by atoms with Gasteiger partial charge in [-0.05, 0) is 58.3 Å². The first-order valence-corrected chi connectivity index (χ1v) is 14.0. The van der Waals surface area contributed by atoms with Crippen molar-refractivity contribution in [2.24, 2.45) is 13.0 Å². The number of fused-ring (bicyclic) bond motifs is 1. The van der Waals surface area contributed by atoms with E-state index in [9.17, 15) is 19.5 Å². The second-order valence-electron chi connectivity index (χ2n) is 10.3. The number of amides is 1. The van der Waals surface area contributed by atoms with Crippen LogP contribution >= 0.6 is 15.9 Å². The highest BCUT2D eigenvalue weighted by atomic mass is 79.9. The molecule has 2 heterocycles. The first-order chi connectivity index (χ1) is 18.8. The minimum atomic E-state index is -0.520. The molecule has 0 spiro atoms. The third-order valence-corrected chi connectivity index (χ3v) is 8.49. The number of benzene rings is 2. The lowest BCUT2D eigenvalue weighted by molar-refractivity contribution is -0.124. The van der Waals surface area contributed by atoms with E-state index in [0.29, 0.717) is 15.9 Å². The number of hydrogen-bond donors (Lipinski definition) is 3. The smallest absolute Gasteiger partial charge is 0.329 e. The fraction of sp³-hybridized carbons (Fsp3) is 0.379. The van der Waals surface area contributed by atoms with Crippen LogP contribution < -0.4 is 16.6 Å². The molecule has 3 N–H and O–H groups in total. The molecule has 0 radical (unpaired) electrons. The second kappa shape index (κ2) is 11.3. The van der Waals surface area contributed by atoms with Crippen molar-refractivity contribution >= 4 is 33.0 Å². The minimum Gasteiger partial charge on any atom is -0.394 e. The number of aryl methyl sites for hydroxylation is 1. The van der Waals surface area contributed by atoms with Crippen molar-refractivity contribution in [2.45, 2.75) is 50.6 Å². The van der Waals surface area contributed by atoms with Gasteiger partial charge in [0.1, 0.15) is 0 Å². The van der Waals surface area contributed by atoms with Gasteiger partial charge < -0.3 is 15.0 Å². The molecule has 0 aliphatic heterocycles. The van der Waals surface area contributed by atoms with Gasteiger partial charge in [-0.3, -0.25) is 19.1 Å². The number of carbonyl (C=O) groups excluding carboxylic acids is 1. The van der Waals surface area contributed by atoms with Crippen LogP contribution in [0.5, 0.6) is 0 Å². The van der Waals surface area contributed by atoms with Crippen LogP contribution in [-0.2, 0) is 11.8 Å². The van der Waals surface area contributed by atoms with Crippen LogP contribution in [0.15, 0.2) is 68.9 Å². The van der Waals surface area contributed by atoms with Gasteiger partial charge in [0.05, 0.1) is 24.6 Å². The van der Waals surface area contributed by atoms with E-state index in [2.05, 4.69) is 31.2 Å². The zero-order valence-corrected chi connectivity index (χ0v) is 23.5. The molecule has 1 fully saturated rings. The van der Waals surface area contributed by atoms with Crippen LogP contribution in [0.4, 0.5) is 0 Å². The van der Waals surface area contributed by atoms with Crippen LogP contribution in [0, 0.1) is 5.92 Å². The molecule has 0 saturated heterocycles. The van der Waals surface area contributed by atoms with Crippen LogP contribution in [0.3, 0.4) is 0 Å². The molecule has 3 unspecified atom stereocenters. The average Bonchev–Trinajstić information content (AvgIpc) is 3.59. The fourth-order valence-corrected chi connectivity index (χ4v) is 6.42. The van der Waals surface area contributed by atoms with E-state index in [-0.39, 0.29) is 30.4 Å². The van der Waals surface area contributed by atoms with E-state index >= 15 is 0 Å². The Labute approximate surface area is 234 Å². The van der Waals surface area contributed by atoms with Crippen LogP contribution in [-0.4, -0.2) is 36.7 Å². The molecule has 2 aromatic carbocycles. The molecule has 2 aromatic heterocycles. The Morgan fingerprint density at radius 3 is 2.36 bits per heavy atom. The predicted octanol–water partition coefficient (Wildman–Crippen LogP) is 3.92. The number of H-pyrrole nitrogens is 1. The Kier molecular flexibility index (Phi) is 7.86. The van der Waals surface area contributed by atoms with E-state index < -0.39 is 17.3 Å². The Hall–Kier alpha value is -3.50. The van der Waals surface area contributed by atoms with Crippen molar-refractivity contribution in [3.8, 4) is 0 Å². The van der Waals surface area contributed by atoms with Gasteiger partial charge in [-0.25, -0.2) is 9.78 Å². The maximum absolute atomic E-state index is 13.7. The number of imidazole rings is 1. The van der Waals surface area contributed by atoms with Gasteiger partial charge in [0.25, 0.3) is 5.56 Å². The average molecular weight is 595 g/mol. The van der Waals surface area contributed by atoms with E-state index in [1.807, 2.05) is 61.5 Å². The highest BCUT2D eigenvalue weighted by Gasteiger charge is 2.33. The first-order valence-electron chi connectivity index (χ1n) is 13.2. The van der Waals surface area contributed by atoms with E-state index in [1.165, 1.54) is 4.57 Å². The summed E-state index contributed by atoms with van der Waals surface area (Å²) in [6, 6.07) is 16.7. The highest BCUT2D eigenvalue weighted by molar-refractivity contribution is 9.10. The Morgan fingerprint density at radius 1 is 1.08 bits per heavy atom. The summed E-state index contributed by atoms with van der Waals surface area (Å²) in [6.45, 7) is 1.78. The molecular weight excluding hydrogens is 562 g/mol. The second-order valence-corrected chi connectivity index (χ2v) is 11.0. The van der Waals surface area contributed by atoms with Crippen molar-refractivity contribution in [3.05, 3.63) is 96.9 Å². The molecule has 1 amide bonds. The summed E-state index contributed by atoms with van der Waals surface area (Å²) >= 11 is 3.46. The SMILES string of the molecule is CC(c1ccc(C(C(=O)NC(CO)c2ccccc2)C2CCCC2)cc1)n1c(Br)nc2c1c(=O)[nH]c(=O)n2C. The van der Waals surface area contributed by atoms with Crippen molar-refractivity contribution in [1.29, 1.82) is 0 Å². The van der Waals surface area contributed by atoms with Crippen molar-refractivity contribution < 1.29 is 9.90 Å². The molecule has 3 atom stereocenters. The van der Waals surface area contributed by atoms with Gasteiger partial charge in [-0.1, -0.05) is 67.4 Å². The number of aliphatic hydroxyl groups is 1. The molecule has 204 valence electrons. The zero-order chi connectivity index (χ0) is 27.7. The van der Waals surface area contributed by atoms with E-state index in [1.54, 1.807) is 11.6 Å². The van der Waals surface area contributed by atoms with Gasteiger partial charge in [0.15, 0.2) is 15.9 Å². The largest absolute Gasteiger partial charge is 0.394 e. The molecule has 1 aliphatic carbocycles. The summed E-state index contributed by atoms with van der Waals surface area (Å²) in [4.78, 5) is 45.2. The first kappa shape index (κ1) is 27.1. The van der Waals surface area contributed by atoms with Crippen LogP contribution in [0.25, 0.3) is 11.2 Å². The van der Waals surface area contributed by atoms with E-state index in [4.69, 9.17) is 0 Å². The summed E-state index contributed by atoms with van der Waals surface area (Å²) in [5.41, 5.74) is 2.31. The number of hydrogen-bond acceptors (Lipinski definition) is 5. The normalized spacial score (nSPS) is 16.3. The monoisotopic (exact) mass is 593 g/mol. The molecular formula is C29H32BrN5O4. The quantitative estimate of drug-likeness (QED) is 0.267. The zero-order valence-electron chi connectivity index (χ0n) is 21.9. The minimum absolute atomic E-state index is 0.0820. The molecule has 1 saturated carbocycles. The molecule has 1 aliphatic rings. The standard InChI is InChI=1S/C29H32BrN5O4/c1-17(35-24-25(32-28(35)30)34(2)29(39)33-27(24)38)18-12-14-21(15-13-18)23(20-10-6-7-11-20)26(37)31-22(16-36)19-8-4-3-5-9-19/h3-5,8-9,12-15,17,20,22-23,36H,6-7,10-11,16H2,1-2H3,(H,31,37)(H,33,38,39). The summed E-state index contributed by atoms with van der Waals surface area (Å²) in [6.07, 6.45) is 4.18. The van der Waals surface area contributed by atoms with Gasteiger partial charge in [0, 0.05) is 7.05 Å². The van der Waals surface area contributed by atoms with Gasteiger partial charge >= 0.3 is 5.69 Å². The lowest BCUT2D eigenvalue weighted by Crippen LogP contribution is -2.37. The number of rotatable bonds is 8. The van der Waals surface area contributed by atoms with Gasteiger partial charge in [-0.15, -0.1) is 0 Å². The lowest BCUT2D eigenvalue weighted by atomic mass is 9.83. The lowest BCUT2D eigenvalue weighted by Gasteiger charge is -2.26. The summed E-state index contributed by atoms with van der Waals surface area (Å²) in [7, 11) is 1.57. The fourth-order valence-electron chi connectivity index (χ4n) is 5.77. The molecule has 0 bridgehead atoms. The number of aliphatic hydroxyl groups excluding tert-OH is 1. The summed E-state index contributed by atoms with van der Waals surface area (Å²) < 4.78 is 3.52. The van der Waals surface area contributed by atoms with Gasteiger partial charge in [0.2, 0.25) is 5.91 Å². The van der Waals surface area contributed by atoms with Crippen LogP contribution in [0.1, 0.15) is 67.3 Å². The van der Waals surface area contributed by atoms with Gasteiger partial charge in [-0.2, -0.15) is 0 Å². The Bertz CT molecular complexity index is 1590. The van der Waals surface area contributed by atoms with Crippen molar-refractivity contribution in [1.82, 2.24) is 24.4 Å². The molecule has 5 rings (SSSR count). The topological polar surface area (TPSA) is 122 Å². The molecule has 10 heteroatoms. The van der Waals surface area contributed by atoms with E-state index in [0.717, 1.165) is 42.4 Å². The molecule has 9 nitrogen and oxygen atoms in total. The van der Waals surface area contributed by atoms with Crippen LogP contribution in [0.2, 0.25) is 0 Å². The number of carbonyl (C=O) groups is 1. The third kappa shape index (κ3) is 5.23. The summed E-state index contributed by atoms with van der Waals surface area (Å²) in [5, 5.41) is 13.1. The third-order valence-electron chi connectivity index (χ3n) is 7.93. The number of nitrogens with one attached hydrogen (secondary N) is 2. The van der Waals surface area contributed by atoms with Crippen molar-refractivity contribution in [2.75, 3.05) is 6.61 Å². The summed E-state index contributed by atoms with van der Waals surface area (Å²) in [5.74, 6) is -0.177. The number of halogens is 1. The molecule has 4 aromatic rings. The number of aromatic nitrogens is 4. The Morgan fingerprint density at radius 2 is 1.72 bits per heavy atom.